The van der Waals surface area contributed by atoms with Gasteiger partial charge < -0.3 is 10.2 Å². The fourth-order valence-corrected chi connectivity index (χ4v) is 0.778. The summed E-state index contributed by atoms with van der Waals surface area (Å²) in [5.74, 6) is -1.23. The van der Waals surface area contributed by atoms with Crippen LogP contribution < -0.4 is 0 Å². The van der Waals surface area contributed by atoms with Crippen LogP contribution >= 0.6 is 0 Å². The highest BCUT2D eigenvalue weighted by molar-refractivity contribution is 5.75. The Bertz CT molecular complexity index is 248. The number of aliphatic carboxylic acids is 1. The molecule has 0 aromatic heterocycles. The number of carbonyl (C=O) groups is 1. The number of carboxylic acids is 1. The van der Waals surface area contributed by atoms with Crippen LogP contribution in [0.15, 0.2) is 30.3 Å². The maximum atomic E-state index is 10.2. The van der Waals surface area contributed by atoms with Crippen molar-refractivity contribution in [3.8, 4) is 0 Å². The molecule has 1 aromatic carbocycles. The lowest BCUT2D eigenvalue weighted by molar-refractivity contribution is -0.146. The SMILES string of the molecule is O=C(O)[C@H](O)c1ccccc1.[MgH2]. The van der Waals surface area contributed by atoms with Gasteiger partial charge in [-0.2, -0.15) is 0 Å². The first-order valence-corrected chi connectivity index (χ1v) is 3.17. The summed E-state index contributed by atoms with van der Waals surface area (Å²) < 4.78 is 0. The highest BCUT2D eigenvalue weighted by Crippen LogP contribution is 2.10. The number of aliphatic hydroxyl groups is 1. The molecule has 62 valence electrons. The minimum Gasteiger partial charge on any atom is -0.479 e. The predicted molar refractivity (Wildman–Crippen MR) is 47.6 cm³/mol. The maximum absolute atomic E-state index is 10.2. The lowest BCUT2D eigenvalue weighted by atomic mass is 10.1. The van der Waals surface area contributed by atoms with Crippen molar-refractivity contribution in [3.05, 3.63) is 35.9 Å². The molecule has 0 unspecified atom stereocenters. The van der Waals surface area contributed by atoms with E-state index in [1.165, 1.54) is 0 Å². The molecule has 1 rings (SSSR count). The van der Waals surface area contributed by atoms with Crippen molar-refractivity contribution in [3.63, 3.8) is 0 Å². The Balaban J connectivity index is 0.00000121. The summed E-state index contributed by atoms with van der Waals surface area (Å²) in [6, 6.07) is 8.26. The van der Waals surface area contributed by atoms with Crippen molar-refractivity contribution in [2.24, 2.45) is 0 Å². The third-order valence-electron chi connectivity index (χ3n) is 1.35. The number of benzene rings is 1. The van der Waals surface area contributed by atoms with E-state index in [9.17, 15) is 4.79 Å². The second-order valence-electron chi connectivity index (χ2n) is 2.15. The third-order valence-corrected chi connectivity index (χ3v) is 1.35. The highest BCUT2D eigenvalue weighted by atomic mass is 24.3. The van der Waals surface area contributed by atoms with Crippen LogP contribution in [0.4, 0.5) is 0 Å². The monoisotopic (exact) mass is 178 g/mol. The van der Waals surface area contributed by atoms with Crippen LogP contribution in [0.5, 0.6) is 0 Å². The zero-order valence-electron chi connectivity index (χ0n) is 5.77. The molecule has 0 aliphatic rings. The van der Waals surface area contributed by atoms with E-state index in [1.807, 2.05) is 0 Å². The Morgan fingerprint density at radius 1 is 1.25 bits per heavy atom. The topological polar surface area (TPSA) is 57.5 Å². The summed E-state index contributed by atoms with van der Waals surface area (Å²) in [5, 5.41) is 17.4. The zero-order valence-corrected chi connectivity index (χ0v) is 5.77. The van der Waals surface area contributed by atoms with Gasteiger partial charge in [-0.25, -0.2) is 4.79 Å². The van der Waals surface area contributed by atoms with Crippen LogP contribution in [-0.2, 0) is 4.79 Å². The molecular formula is C8H10MgO3. The first-order chi connectivity index (χ1) is 5.22. The lowest BCUT2D eigenvalue weighted by Gasteiger charge is -2.03. The van der Waals surface area contributed by atoms with Gasteiger partial charge in [0.25, 0.3) is 0 Å². The smallest absolute Gasteiger partial charge is 0.337 e. The summed E-state index contributed by atoms with van der Waals surface area (Å²) in [5.41, 5.74) is 0.403. The Labute approximate surface area is 86.2 Å². The maximum Gasteiger partial charge on any atom is 0.337 e. The Hall–Kier alpha value is -0.584. The standard InChI is InChI=1S/C8H8O3.Mg.2H/c9-7(8(10)11)6-4-2-1-3-5-6;;;/h1-5,7,9H,(H,10,11);;;/t7-;;;/m1.../s1. The normalized spacial score (nSPS) is 11.4. The fraction of sp³-hybridized carbons (Fsp3) is 0.125. The summed E-state index contributed by atoms with van der Waals surface area (Å²) in [6.07, 6.45) is -1.41. The van der Waals surface area contributed by atoms with Gasteiger partial charge in [-0.1, -0.05) is 30.3 Å². The third kappa shape index (κ3) is 2.81. The van der Waals surface area contributed by atoms with Crippen molar-refractivity contribution in [2.75, 3.05) is 0 Å². The summed E-state index contributed by atoms with van der Waals surface area (Å²) in [7, 11) is 0. The van der Waals surface area contributed by atoms with Crippen molar-refractivity contribution in [1.29, 1.82) is 0 Å². The second kappa shape index (κ2) is 5.13. The minimum absolute atomic E-state index is 0. The van der Waals surface area contributed by atoms with E-state index < -0.39 is 12.1 Å². The van der Waals surface area contributed by atoms with Crippen molar-refractivity contribution in [2.45, 2.75) is 6.10 Å². The number of hydrogen-bond donors (Lipinski definition) is 2. The molecule has 0 radical (unpaired) electrons. The molecule has 2 N–H and O–H groups in total. The van der Waals surface area contributed by atoms with Crippen LogP contribution in [0.3, 0.4) is 0 Å². The Morgan fingerprint density at radius 3 is 2.17 bits per heavy atom. The molecular weight excluding hydrogens is 168 g/mol. The summed E-state index contributed by atoms with van der Waals surface area (Å²) in [6.45, 7) is 0. The van der Waals surface area contributed by atoms with Crippen molar-refractivity contribution in [1.82, 2.24) is 0 Å². The van der Waals surface area contributed by atoms with E-state index in [0.29, 0.717) is 5.56 Å². The quantitative estimate of drug-likeness (QED) is 0.621. The van der Waals surface area contributed by atoms with Gasteiger partial charge >= 0.3 is 29.0 Å². The molecule has 1 atom stereocenters. The van der Waals surface area contributed by atoms with Crippen LogP contribution in [-0.4, -0.2) is 39.2 Å². The number of rotatable bonds is 2. The van der Waals surface area contributed by atoms with E-state index in [2.05, 4.69) is 0 Å². The Morgan fingerprint density at radius 2 is 1.75 bits per heavy atom. The zero-order chi connectivity index (χ0) is 8.27. The molecule has 0 fully saturated rings. The molecule has 12 heavy (non-hydrogen) atoms. The molecule has 0 saturated heterocycles. The molecule has 0 aliphatic heterocycles. The molecule has 0 amide bonds. The molecule has 3 nitrogen and oxygen atoms in total. The van der Waals surface area contributed by atoms with Crippen LogP contribution in [0.25, 0.3) is 0 Å². The molecule has 0 aliphatic carbocycles. The number of carboxylic acid groups (broad SMARTS) is 1. The number of hydrogen-bond acceptors (Lipinski definition) is 2. The molecule has 1 aromatic rings. The van der Waals surface area contributed by atoms with Crippen LogP contribution in [0.2, 0.25) is 0 Å². The van der Waals surface area contributed by atoms with Gasteiger partial charge in [-0.15, -0.1) is 0 Å². The van der Waals surface area contributed by atoms with Crippen LogP contribution in [0, 0.1) is 0 Å². The van der Waals surface area contributed by atoms with Gasteiger partial charge in [0.15, 0.2) is 6.10 Å². The molecule has 0 bridgehead atoms. The van der Waals surface area contributed by atoms with Gasteiger partial charge in [0.2, 0.25) is 0 Å². The first kappa shape index (κ1) is 11.4. The van der Waals surface area contributed by atoms with E-state index in [-0.39, 0.29) is 23.1 Å². The van der Waals surface area contributed by atoms with E-state index in [4.69, 9.17) is 10.2 Å². The van der Waals surface area contributed by atoms with E-state index >= 15 is 0 Å². The molecule has 4 heteroatoms. The van der Waals surface area contributed by atoms with Crippen molar-refractivity contribution >= 4 is 29.0 Å². The first-order valence-electron chi connectivity index (χ1n) is 3.17. The average molecular weight is 178 g/mol. The average Bonchev–Trinajstić information content (AvgIpc) is 2.05. The van der Waals surface area contributed by atoms with Crippen LogP contribution in [0.1, 0.15) is 11.7 Å². The molecule has 0 spiro atoms. The fourth-order valence-electron chi connectivity index (χ4n) is 0.778. The van der Waals surface area contributed by atoms with Gasteiger partial charge in [-0.3, -0.25) is 0 Å². The largest absolute Gasteiger partial charge is 0.479 e. The highest BCUT2D eigenvalue weighted by Gasteiger charge is 2.14. The number of aliphatic hydroxyl groups excluding tert-OH is 1. The van der Waals surface area contributed by atoms with Gasteiger partial charge in [0.1, 0.15) is 0 Å². The molecule has 0 saturated carbocycles. The molecule has 0 heterocycles. The second-order valence-corrected chi connectivity index (χ2v) is 2.15. The van der Waals surface area contributed by atoms with Gasteiger partial charge in [0, 0.05) is 0 Å². The summed E-state index contributed by atoms with van der Waals surface area (Å²) in [4.78, 5) is 10.2. The Kier molecular flexibility index (Phi) is 4.88. The van der Waals surface area contributed by atoms with Gasteiger partial charge in [-0.05, 0) is 5.56 Å². The van der Waals surface area contributed by atoms with E-state index in [0.717, 1.165) is 0 Å². The predicted octanol–water partition coefficient (Wildman–Crippen LogP) is -0.112. The minimum atomic E-state index is -1.41. The van der Waals surface area contributed by atoms with Gasteiger partial charge in [0.05, 0.1) is 0 Å². The lowest BCUT2D eigenvalue weighted by Crippen LogP contribution is -2.09. The summed E-state index contributed by atoms with van der Waals surface area (Å²) >= 11 is 0. The van der Waals surface area contributed by atoms with E-state index in [1.54, 1.807) is 30.3 Å². The van der Waals surface area contributed by atoms with Crippen molar-refractivity contribution < 1.29 is 15.0 Å².